The Labute approximate surface area is 221 Å². The van der Waals surface area contributed by atoms with Gasteiger partial charge >= 0.3 is 0 Å². The molecule has 8 nitrogen and oxygen atoms in total. The zero-order valence-corrected chi connectivity index (χ0v) is 21.0. The molecule has 2 atom stereocenters. The fourth-order valence-electron chi connectivity index (χ4n) is 4.54. The van der Waals surface area contributed by atoms with Crippen LogP contribution < -0.4 is 14.4 Å². The normalized spacial score (nSPS) is 16.8. The second kappa shape index (κ2) is 9.60. The molecule has 0 spiro atoms. The first-order valence-corrected chi connectivity index (χ1v) is 12.7. The van der Waals surface area contributed by atoms with E-state index in [9.17, 15) is 14.9 Å². The summed E-state index contributed by atoms with van der Waals surface area (Å²) in [6.45, 7) is 0. The van der Waals surface area contributed by atoms with E-state index in [0.29, 0.717) is 17.2 Å². The van der Waals surface area contributed by atoms with E-state index in [2.05, 4.69) is 0 Å². The average Bonchev–Trinajstić information content (AvgIpc) is 3.39. The van der Waals surface area contributed by atoms with Crippen molar-refractivity contribution in [1.29, 1.82) is 0 Å². The number of carbonyl (C=O) groups is 1. The van der Waals surface area contributed by atoms with E-state index in [4.69, 9.17) is 14.5 Å². The Bertz CT molecular complexity index is 1600. The number of hydrogen-bond donors (Lipinski definition) is 0. The molecule has 2 heterocycles. The van der Waals surface area contributed by atoms with E-state index in [0.717, 1.165) is 26.4 Å². The number of nitrogens with zero attached hydrogens (tertiary/aromatic N) is 3. The number of fused-ring (bicyclic) bond motifs is 1. The first kappa shape index (κ1) is 23.6. The average molecular weight is 524 g/mol. The number of non-ortho nitro benzene ring substituents is 1. The first-order valence-electron chi connectivity index (χ1n) is 11.9. The van der Waals surface area contributed by atoms with Gasteiger partial charge in [0.15, 0.2) is 0 Å². The monoisotopic (exact) mass is 523 g/mol. The lowest BCUT2D eigenvalue weighted by atomic mass is 9.89. The zero-order chi connectivity index (χ0) is 26.2. The van der Waals surface area contributed by atoms with Crippen LogP contribution in [-0.2, 0) is 4.79 Å². The number of rotatable bonds is 7. The van der Waals surface area contributed by atoms with Gasteiger partial charge in [-0.3, -0.25) is 19.8 Å². The maximum absolute atomic E-state index is 13.3. The smallest absolute Gasteiger partial charge is 0.271 e. The van der Waals surface area contributed by atoms with E-state index >= 15 is 0 Å². The van der Waals surface area contributed by atoms with Crippen LogP contribution in [0.25, 0.3) is 20.8 Å². The number of aromatic nitrogens is 1. The molecule has 1 fully saturated rings. The van der Waals surface area contributed by atoms with Crippen LogP contribution in [0.1, 0.15) is 11.6 Å². The molecule has 1 aliphatic rings. The first-order chi connectivity index (χ1) is 18.5. The van der Waals surface area contributed by atoms with E-state index in [1.165, 1.54) is 12.1 Å². The van der Waals surface area contributed by atoms with Crippen molar-refractivity contribution in [3.63, 3.8) is 0 Å². The lowest BCUT2D eigenvalue weighted by Crippen LogP contribution is -2.61. The highest BCUT2D eigenvalue weighted by Crippen LogP contribution is 2.42. The van der Waals surface area contributed by atoms with Gasteiger partial charge in [-0.2, -0.15) is 0 Å². The molecule has 1 aromatic heterocycles. The fourth-order valence-corrected chi connectivity index (χ4v) is 5.51. The van der Waals surface area contributed by atoms with Crippen LogP contribution in [0.4, 0.5) is 11.4 Å². The summed E-state index contributed by atoms with van der Waals surface area (Å²) in [7, 11) is 1.58. The number of para-hydroxylation sites is 1. The molecule has 0 N–H and O–H groups in total. The Morgan fingerprint density at radius 2 is 1.58 bits per heavy atom. The number of β-lactam (4-membered cyclic amide) rings is 1. The van der Waals surface area contributed by atoms with Crippen LogP contribution in [0.3, 0.4) is 0 Å². The summed E-state index contributed by atoms with van der Waals surface area (Å²) in [5.41, 5.74) is 3.33. The van der Waals surface area contributed by atoms with Gasteiger partial charge in [-0.05, 0) is 78.4 Å². The van der Waals surface area contributed by atoms with Crippen molar-refractivity contribution in [2.75, 3.05) is 12.0 Å². The standard InChI is InChI=1S/C29H21N3O5S/c1-36-22-16-12-20(13-17-22)31-26(18-6-10-21(11-7-18)32(34)35)27(29(31)33)37-23-14-8-19(9-15-23)28-30-24-4-2-3-5-25(24)38-28/h2-17,26-27H,1H3/t26-,27+/m0/s1. The third kappa shape index (κ3) is 4.22. The summed E-state index contributed by atoms with van der Waals surface area (Å²) in [6, 6.07) is 28.4. The second-order valence-corrected chi connectivity index (χ2v) is 9.78. The molecule has 5 aromatic rings. The molecule has 6 rings (SSSR count). The molecule has 0 aliphatic carbocycles. The molecule has 0 unspecified atom stereocenters. The predicted octanol–water partition coefficient (Wildman–Crippen LogP) is 6.42. The van der Waals surface area contributed by atoms with Crippen molar-refractivity contribution < 1.29 is 19.2 Å². The van der Waals surface area contributed by atoms with Crippen molar-refractivity contribution in [2.24, 2.45) is 0 Å². The number of hydrogen-bond acceptors (Lipinski definition) is 7. The molecule has 4 aromatic carbocycles. The largest absolute Gasteiger partial charge is 0.497 e. The van der Waals surface area contributed by atoms with Crippen molar-refractivity contribution in [3.05, 3.63) is 113 Å². The van der Waals surface area contributed by atoms with Gasteiger partial charge in [0.25, 0.3) is 11.6 Å². The van der Waals surface area contributed by atoms with Gasteiger partial charge in [-0.1, -0.05) is 12.1 Å². The van der Waals surface area contributed by atoms with E-state index in [1.807, 2.05) is 48.5 Å². The number of carbonyl (C=O) groups excluding carboxylic acids is 1. The van der Waals surface area contributed by atoms with Gasteiger partial charge in [-0.15, -0.1) is 11.3 Å². The van der Waals surface area contributed by atoms with Gasteiger partial charge < -0.3 is 9.47 Å². The minimum absolute atomic E-state index is 0.0155. The second-order valence-electron chi connectivity index (χ2n) is 8.75. The number of ether oxygens (including phenoxy) is 2. The maximum atomic E-state index is 13.3. The summed E-state index contributed by atoms with van der Waals surface area (Å²) in [4.78, 5) is 30.4. The topological polar surface area (TPSA) is 94.8 Å². The van der Waals surface area contributed by atoms with Gasteiger partial charge in [0, 0.05) is 23.4 Å². The molecule has 1 saturated heterocycles. The molecule has 0 saturated carbocycles. The summed E-state index contributed by atoms with van der Waals surface area (Å²) in [5.74, 6) is 1.03. The van der Waals surface area contributed by atoms with Crippen molar-refractivity contribution in [1.82, 2.24) is 4.98 Å². The molecular formula is C29H21N3O5S. The molecule has 1 aliphatic heterocycles. The van der Waals surface area contributed by atoms with E-state index < -0.39 is 17.1 Å². The van der Waals surface area contributed by atoms with Gasteiger partial charge in [0.05, 0.1) is 22.2 Å². The number of benzene rings is 4. The molecule has 1 amide bonds. The van der Waals surface area contributed by atoms with E-state index in [1.54, 1.807) is 59.7 Å². The number of nitro benzene ring substituents is 1. The zero-order valence-electron chi connectivity index (χ0n) is 20.2. The Hall–Kier alpha value is -4.76. The van der Waals surface area contributed by atoms with E-state index in [-0.39, 0.29) is 11.6 Å². The summed E-state index contributed by atoms with van der Waals surface area (Å²) < 4.78 is 12.5. The Kier molecular flexibility index (Phi) is 5.97. The minimum atomic E-state index is -0.785. The predicted molar refractivity (Wildman–Crippen MR) is 146 cm³/mol. The summed E-state index contributed by atoms with van der Waals surface area (Å²) in [6.07, 6.45) is -0.785. The highest BCUT2D eigenvalue weighted by atomic mass is 32.1. The Morgan fingerprint density at radius 1 is 0.895 bits per heavy atom. The Morgan fingerprint density at radius 3 is 2.24 bits per heavy atom. The SMILES string of the molecule is COc1ccc(N2C(=O)[C@H](Oc3ccc(-c4nc5ccccc5s4)cc3)[C@@H]2c2ccc([N+](=O)[O-])cc2)cc1. The number of thiazole rings is 1. The molecule has 38 heavy (non-hydrogen) atoms. The van der Waals surface area contributed by atoms with Gasteiger partial charge in [0.2, 0.25) is 6.10 Å². The number of nitro groups is 1. The van der Waals surface area contributed by atoms with Crippen molar-refractivity contribution in [2.45, 2.75) is 12.1 Å². The van der Waals surface area contributed by atoms with Crippen LogP contribution in [0.5, 0.6) is 11.5 Å². The maximum Gasteiger partial charge on any atom is 0.271 e. The minimum Gasteiger partial charge on any atom is -0.497 e. The highest BCUT2D eigenvalue weighted by Gasteiger charge is 2.51. The van der Waals surface area contributed by atoms with Crippen LogP contribution in [0, 0.1) is 10.1 Å². The number of methoxy groups -OCH3 is 1. The lowest BCUT2D eigenvalue weighted by Gasteiger charge is -2.46. The van der Waals surface area contributed by atoms with Crippen LogP contribution in [0.15, 0.2) is 97.1 Å². The van der Waals surface area contributed by atoms with Crippen molar-refractivity contribution in [3.8, 4) is 22.1 Å². The van der Waals surface area contributed by atoms with Gasteiger partial charge in [0.1, 0.15) is 22.5 Å². The van der Waals surface area contributed by atoms with Crippen molar-refractivity contribution >= 4 is 38.8 Å². The van der Waals surface area contributed by atoms with Crippen LogP contribution >= 0.6 is 11.3 Å². The molecule has 0 radical (unpaired) electrons. The van der Waals surface area contributed by atoms with Crippen LogP contribution in [-0.4, -0.2) is 29.0 Å². The fraction of sp³-hybridized carbons (Fsp3) is 0.103. The molecule has 0 bridgehead atoms. The summed E-state index contributed by atoms with van der Waals surface area (Å²) >= 11 is 1.62. The summed E-state index contributed by atoms with van der Waals surface area (Å²) in [5, 5.41) is 12.1. The molecule has 9 heteroatoms. The van der Waals surface area contributed by atoms with Gasteiger partial charge in [-0.25, -0.2) is 4.98 Å². The Balaban J connectivity index is 1.27. The quantitative estimate of drug-likeness (QED) is 0.139. The number of amides is 1. The third-order valence-electron chi connectivity index (χ3n) is 6.50. The molecule has 188 valence electrons. The lowest BCUT2D eigenvalue weighted by molar-refractivity contribution is -0.384. The van der Waals surface area contributed by atoms with Crippen LogP contribution in [0.2, 0.25) is 0 Å². The number of anilines is 1. The highest BCUT2D eigenvalue weighted by molar-refractivity contribution is 7.21. The molecular weight excluding hydrogens is 502 g/mol. The third-order valence-corrected chi connectivity index (χ3v) is 7.59.